The zero-order valence-electron chi connectivity index (χ0n) is 26.3. The van der Waals surface area contributed by atoms with Gasteiger partial charge in [-0.25, -0.2) is 0 Å². The van der Waals surface area contributed by atoms with Crippen LogP contribution in [0.4, 0.5) is 17.1 Å². The van der Waals surface area contributed by atoms with Crippen LogP contribution in [0, 0.1) is 0 Å². The molecule has 8 rings (SSSR count). The van der Waals surface area contributed by atoms with E-state index in [1.165, 1.54) is 125 Å². The van der Waals surface area contributed by atoms with Crippen LogP contribution in [0.2, 0.25) is 0 Å². The van der Waals surface area contributed by atoms with E-state index in [4.69, 9.17) is 0 Å². The predicted octanol–water partition coefficient (Wildman–Crippen LogP) is 13.2. The average molecular weight is 586 g/mol. The second-order valence-corrected chi connectivity index (χ2v) is 13.4. The van der Waals surface area contributed by atoms with Crippen LogP contribution in [0.1, 0.15) is 87.2 Å². The molecular weight excluding hydrogens is 542 g/mol. The molecule has 0 heterocycles. The van der Waals surface area contributed by atoms with Crippen molar-refractivity contribution in [1.29, 1.82) is 0 Å². The Kier molecular flexibility index (Phi) is 7.85. The molecule has 2 aliphatic carbocycles. The van der Waals surface area contributed by atoms with Crippen LogP contribution >= 0.6 is 0 Å². The van der Waals surface area contributed by atoms with Crippen LogP contribution in [0.15, 0.2) is 127 Å². The average Bonchev–Trinajstić information content (AvgIpc) is 3.13. The molecule has 0 amide bonds. The quantitative estimate of drug-likeness (QED) is 0.176. The minimum Gasteiger partial charge on any atom is -0.309 e. The molecule has 1 nitrogen and oxygen atoms in total. The predicted molar refractivity (Wildman–Crippen MR) is 193 cm³/mol. The number of fused-ring (bicyclic) bond motifs is 2. The maximum Gasteiger partial charge on any atom is 0.0618 e. The van der Waals surface area contributed by atoms with Crippen molar-refractivity contribution >= 4 is 38.6 Å². The van der Waals surface area contributed by atoms with E-state index in [-0.39, 0.29) is 0 Å². The standard InChI is InChI=1S/C44H43N/c1-5-13-32(14-6-1)35-23-26-41(27-24-35)45(40-19-11-4-12-20-40)44-42-28-25-36(33-15-7-2-8-16-33)29-39(42)30-38-22-21-37(31-43(38)44)34-17-9-3-10-18-34/h1,4-6,11-14,19-31,33-34H,2-3,7-10,15-18H2. The molecule has 45 heavy (non-hydrogen) atoms. The van der Waals surface area contributed by atoms with E-state index >= 15 is 0 Å². The van der Waals surface area contributed by atoms with Gasteiger partial charge in [0.25, 0.3) is 0 Å². The Bertz CT molecular complexity index is 1890. The summed E-state index contributed by atoms with van der Waals surface area (Å²) in [5.41, 5.74) is 9.20. The van der Waals surface area contributed by atoms with Gasteiger partial charge in [-0.3, -0.25) is 0 Å². The fourth-order valence-electron chi connectivity index (χ4n) is 8.17. The van der Waals surface area contributed by atoms with Crippen LogP contribution in [0.25, 0.3) is 32.7 Å². The minimum absolute atomic E-state index is 0.663. The molecule has 0 radical (unpaired) electrons. The van der Waals surface area contributed by atoms with Gasteiger partial charge >= 0.3 is 0 Å². The van der Waals surface area contributed by atoms with Gasteiger partial charge in [0, 0.05) is 22.1 Å². The van der Waals surface area contributed by atoms with Crippen molar-refractivity contribution < 1.29 is 0 Å². The summed E-state index contributed by atoms with van der Waals surface area (Å²) in [6, 6.07) is 48.1. The highest BCUT2D eigenvalue weighted by atomic mass is 15.1. The van der Waals surface area contributed by atoms with E-state index < -0.39 is 0 Å². The van der Waals surface area contributed by atoms with Crippen LogP contribution in [0.3, 0.4) is 0 Å². The third-order valence-electron chi connectivity index (χ3n) is 10.6. The van der Waals surface area contributed by atoms with Crippen LogP contribution in [-0.2, 0) is 0 Å². The van der Waals surface area contributed by atoms with Crippen molar-refractivity contribution in [2.45, 2.75) is 76.0 Å². The first kappa shape index (κ1) is 28.1. The SMILES string of the molecule is c1ccc(-c2ccc(N(c3ccccc3)c3c4ccc(C5CCCCC5)cc4cc4ccc(C5CCCCC5)cc34)cc2)cc1. The second kappa shape index (κ2) is 12.6. The molecular formula is C44H43N. The Morgan fingerprint density at radius 3 is 1.62 bits per heavy atom. The van der Waals surface area contributed by atoms with Gasteiger partial charge in [0.2, 0.25) is 0 Å². The summed E-state index contributed by atoms with van der Waals surface area (Å²) >= 11 is 0. The minimum atomic E-state index is 0.663. The second-order valence-electron chi connectivity index (χ2n) is 13.4. The zero-order valence-corrected chi connectivity index (χ0v) is 26.3. The number of nitrogens with zero attached hydrogens (tertiary/aromatic N) is 1. The maximum absolute atomic E-state index is 2.55. The summed E-state index contributed by atoms with van der Waals surface area (Å²) in [4.78, 5) is 2.52. The van der Waals surface area contributed by atoms with Gasteiger partial charge in [-0.1, -0.05) is 130 Å². The molecule has 2 aliphatic rings. The van der Waals surface area contributed by atoms with Crippen LogP contribution < -0.4 is 4.90 Å². The zero-order chi connectivity index (χ0) is 30.0. The lowest BCUT2D eigenvalue weighted by Gasteiger charge is -2.30. The van der Waals surface area contributed by atoms with E-state index in [1.807, 2.05) is 0 Å². The number of benzene rings is 6. The van der Waals surface area contributed by atoms with Crippen molar-refractivity contribution in [3.63, 3.8) is 0 Å². The van der Waals surface area contributed by atoms with Crippen LogP contribution in [0.5, 0.6) is 0 Å². The van der Waals surface area contributed by atoms with Crippen molar-refractivity contribution in [2.75, 3.05) is 4.90 Å². The first-order valence-electron chi connectivity index (χ1n) is 17.3. The monoisotopic (exact) mass is 585 g/mol. The van der Waals surface area contributed by atoms with Gasteiger partial charge in [-0.05, 0) is 107 Å². The first-order valence-corrected chi connectivity index (χ1v) is 17.3. The van der Waals surface area contributed by atoms with E-state index in [2.05, 4.69) is 132 Å². The summed E-state index contributed by atoms with van der Waals surface area (Å²) in [6.45, 7) is 0. The van der Waals surface area contributed by atoms with Gasteiger partial charge in [0.15, 0.2) is 0 Å². The number of rotatable bonds is 6. The largest absolute Gasteiger partial charge is 0.309 e. The van der Waals surface area contributed by atoms with Gasteiger partial charge in [-0.2, -0.15) is 0 Å². The molecule has 2 saturated carbocycles. The fourth-order valence-corrected chi connectivity index (χ4v) is 8.17. The number of hydrogen-bond acceptors (Lipinski definition) is 1. The Hall–Kier alpha value is -4.36. The van der Waals surface area contributed by atoms with E-state index in [1.54, 1.807) is 0 Å². The summed E-state index contributed by atoms with van der Waals surface area (Å²) in [5, 5.41) is 5.37. The van der Waals surface area contributed by atoms with Crippen molar-refractivity contribution in [3.05, 3.63) is 139 Å². The van der Waals surface area contributed by atoms with E-state index in [9.17, 15) is 0 Å². The van der Waals surface area contributed by atoms with E-state index in [0.29, 0.717) is 11.8 Å². The maximum atomic E-state index is 2.55. The molecule has 1 heteroatoms. The number of hydrogen-bond donors (Lipinski definition) is 0. The molecule has 6 aromatic carbocycles. The molecule has 6 aromatic rings. The van der Waals surface area contributed by atoms with Gasteiger partial charge in [0.05, 0.1) is 5.69 Å². The molecule has 0 spiro atoms. The smallest absolute Gasteiger partial charge is 0.0618 e. The Morgan fingerprint density at radius 2 is 0.956 bits per heavy atom. The Morgan fingerprint density at radius 1 is 0.400 bits per heavy atom. The highest BCUT2D eigenvalue weighted by Gasteiger charge is 2.23. The third kappa shape index (κ3) is 5.66. The first-order chi connectivity index (χ1) is 22.3. The van der Waals surface area contributed by atoms with Gasteiger partial charge in [0.1, 0.15) is 0 Å². The lowest BCUT2D eigenvalue weighted by Crippen LogP contribution is -2.12. The van der Waals surface area contributed by atoms with Crippen molar-refractivity contribution in [3.8, 4) is 11.1 Å². The lowest BCUT2D eigenvalue weighted by atomic mass is 9.82. The molecule has 2 fully saturated rings. The Balaban J connectivity index is 1.35. The third-order valence-corrected chi connectivity index (χ3v) is 10.6. The molecule has 0 unspecified atom stereocenters. The van der Waals surface area contributed by atoms with Gasteiger partial charge in [-0.15, -0.1) is 0 Å². The topological polar surface area (TPSA) is 3.24 Å². The van der Waals surface area contributed by atoms with Crippen molar-refractivity contribution in [2.24, 2.45) is 0 Å². The summed E-state index contributed by atoms with van der Waals surface area (Å²) in [7, 11) is 0. The number of para-hydroxylation sites is 1. The van der Waals surface area contributed by atoms with Gasteiger partial charge < -0.3 is 4.90 Å². The van der Waals surface area contributed by atoms with E-state index in [0.717, 1.165) is 0 Å². The Labute approximate surface area is 268 Å². The molecule has 0 N–H and O–H groups in total. The lowest BCUT2D eigenvalue weighted by molar-refractivity contribution is 0.444. The molecule has 0 aromatic heterocycles. The molecule has 0 saturated heterocycles. The summed E-state index contributed by atoms with van der Waals surface area (Å²) in [5.74, 6) is 1.35. The molecule has 224 valence electrons. The number of anilines is 3. The molecule has 0 bridgehead atoms. The van der Waals surface area contributed by atoms with Crippen LogP contribution in [-0.4, -0.2) is 0 Å². The summed E-state index contributed by atoms with van der Waals surface area (Å²) in [6.07, 6.45) is 13.4. The molecule has 0 atom stereocenters. The fraction of sp³-hybridized carbons (Fsp3) is 0.273. The summed E-state index contributed by atoms with van der Waals surface area (Å²) < 4.78 is 0. The molecule has 0 aliphatic heterocycles. The van der Waals surface area contributed by atoms with Crippen molar-refractivity contribution in [1.82, 2.24) is 0 Å². The highest BCUT2D eigenvalue weighted by molar-refractivity contribution is 6.14. The normalized spacial score (nSPS) is 16.3. The highest BCUT2D eigenvalue weighted by Crippen LogP contribution is 2.46.